The van der Waals surface area contributed by atoms with Crippen LogP contribution in [0.5, 0.6) is 0 Å². The normalized spacial score (nSPS) is 16.5. The molecule has 0 aliphatic heterocycles. The first-order chi connectivity index (χ1) is 8.31. The first-order valence-electron chi connectivity index (χ1n) is 6.39. The molecule has 0 unspecified atom stereocenters. The van der Waals surface area contributed by atoms with Crippen LogP contribution in [-0.4, -0.2) is 19.0 Å². The fourth-order valence-electron chi connectivity index (χ4n) is 2.41. The molecule has 17 heavy (non-hydrogen) atoms. The van der Waals surface area contributed by atoms with Crippen LogP contribution in [0.25, 0.3) is 0 Å². The van der Waals surface area contributed by atoms with Gasteiger partial charge in [-0.15, -0.1) is 0 Å². The summed E-state index contributed by atoms with van der Waals surface area (Å²) in [5.74, 6) is 0.0434. The molecule has 0 aromatic heterocycles. The lowest BCUT2D eigenvalue weighted by atomic mass is 9.95. The third kappa shape index (κ3) is 2.99. The zero-order chi connectivity index (χ0) is 12.1. The largest absolute Gasteiger partial charge is 0.387 e. The average Bonchev–Trinajstić information content (AvgIpc) is 2.40. The van der Waals surface area contributed by atoms with Crippen LogP contribution in [0.3, 0.4) is 0 Å². The molecule has 0 heterocycles. The maximum Gasteiger partial charge on any atom is 0.253 e. The van der Waals surface area contributed by atoms with Gasteiger partial charge in [-0.05, 0) is 25.0 Å². The second-order valence-corrected chi connectivity index (χ2v) is 4.60. The molecule has 0 bridgehead atoms. The van der Waals surface area contributed by atoms with Crippen molar-refractivity contribution in [2.24, 2.45) is 0 Å². The zero-order valence-electron chi connectivity index (χ0n) is 10.3. The third-order valence-corrected chi connectivity index (χ3v) is 3.38. The summed E-state index contributed by atoms with van der Waals surface area (Å²) >= 11 is 0. The smallest absolute Gasteiger partial charge is 0.253 e. The van der Waals surface area contributed by atoms with E-state index in [2.05, 4.69) is 10.6 Å². The lowest BCUT2D eigenvalue weighted by Crippen LogP contribution is -2.36. The van der Waals surface area contributed by atoms with Gasteiger partial charge >= 0.3 is 0 Å². The molecule has 3 nitrogen and oxygen atoms in total. The molecule has 0 saturated heterocycles. The molecule has 1 aromatic rings. The molecule has 2 N–H and O–H groups in total. The number of carbonyl (C=O) groups excluding carboxylic acids is 1. The number of nitrogens with one attached hydrogen (secondary N) is 2. The second kappa shape index (κ2) is 5.71. The van der Waals surface area contributed by atoms with Crippen molar-refractivity contribution in [3.63, 3.8) is 0 Å². The minimum Gasteiger partial charge on any atom is -0.387 e. The molecule has 1 fully saturated rings. The molecular formula is C14H20N2O. The van der Waals surface area contributed by atoms with Crippen molar-refractivity contribution in [3.8, 4) is 0 Å². The van der Waals surface area contributed by atoms with Gasteiger partial charge in [0, 0.05) is 18.8 Å². The number of para-hydroxylation sites is 1. The number of hydrogen-bond acceptors (Lipinski definition) is 2. The lowest BCUT2D eigenvalue weighted by Gasteiger charge is -2.23. The Labute approximate surface area is 103 Å². The number of amides is 1. The van der Waals surface area contributed by atoms with Gasteiger partial charge in [-0.25, -0.2) is 0 Å². The Bertz CT molecular complexity index is 384. The SMILES string of the molecule is CNc1ccccc1C(=O)NC1CCCCC1. The van der Waals surface area contributed by atoms with Gasteiger partial charge in [0.05, 0.1) is 5.56 Å². The van der Waals surface area contributed by atoms with E-state index in [1.54, 1.807) is 0 Å². The van der Waals surface area contributed by atoms with Gasteiger partial charge in [0.25, 0.3) is 5.91 Å². The van der Waals surface area contributed by atoms with Gasteiger partial charge in [0.2, 0.25) is 0 Å². The molecular weight excluding hydrogens is 212 g/mol. The highest BCUT2D eigenvalue weighted by atomic mass is 16.1. The van der Waals surface area contributed by atoms with E-state index in [1.165, 1.54) is 19.3 Å². The molecule has 0 spiro atoms. The molecule has 1 aliphatic carbocycles. The molecule has 1 saturated carbocycles. The Morgan fingerprint density at radius 1 is 1.18 bits per heavy atom. The van der Waals surface area contributed by atoms with Crippen LogP contribution < -0.4 is 10.6 Å². The summed E-state index contributed by atoms with van der Waals surface area (Å²) in [4.78, 5) is 12.1. The van der Waals surface area contributed by atoms with Crippen molar-refractivity contribution >= 4 is 11.6 Å². The predicted octanol–water partition coefficient (Wildman–Crippen LogP) is 2.79. The quantitative estimate of drug-likeness (QED) is 0.841. The minimum atomic E-state index is 0.0434. The molecule has 0 radical (unpaired) electrons. The van der Waals surface area contributed by atoms with Gasteiger partial charge in [0.1, 0.15) is 0 Å². The summed E-state index contributed by atoms with van der Waals surface area (Å²) < 4.78 is 0. The van der Waals surface area contributed by atoms with E-state index in [0.717, 1.165) is 24.1 Å². The maximum absolute atomic E-state index is 12.1. The number of benzene rings is 1. The average molecular weight is 232 g/mol. The van der Waals surface area contributed by atoms with Crippen molar-refractivity contribution < 1.29 is 4.79 Å². The minimum absolute atomic E-state index is 0.0434. The van der Waals surface area contributed by atoms with Crippen LogP contribution >= 0.6 is 0 Å². The Kier molecular flexibility index (Phi) is 4.02. The van der Waals surface area contributed by atoms with Crippen molar-refractivity contribution in [2.45, 2.75) is 38.1 Å². The first-order valence-corrected chi connectivity index (χ1v) is 6.39. The number of rotatable bonds is 3. The van der Waals surface area contributed by atoms with E-state index in [1.807, 2.05) is 31.3 Å². The number of anilines is 1. The predicted molar refractivity (Wildman–Crippen MR) is 70.3 cm³/mol. The van der Waals surface area contributed by atoms with Crippen LogP contribution in [0.1, 0.15) is 42.5 Å². The third-order valence-electron chi connectivity index (χ3n) is 3.38. The Balaban J connectivity index is 2.03. The monoisotopic (exact) mass is 232 g/mol. The highest BCUT2D eigenvalue weighted by Crippen LogP contribution is 2.19. The van der Waals surface area contributed by atoms with Crippen LogP contribution in [-0.2, 0) is 0 Å². The van der Waals surface area contributed by atoms with E-state index in [-0.39, 0.29) is 5.91 Å². The van der Waals surface area contributed by atoms with Crippen molar-refractivity contribution in [2.75, 3.05) is 12.4 Å². The standard InChI is InChI=1S/C14H20N2O/c1-15-13-10-6-5-9-12(13)14(17)16-11-7-3-2-4-8-11/h5-6,9-11,15H,2-4,7-8H2,1H3,(H,16,17). The topological polar surface area (TPSA) is 41.1 Å². The zero-order valence-corrected chi connectivity index (χ0v) is 10.3. The van der Waals surface area contributed by atoms with Crippen LogP contribution in [0, 0.1) is 0 Å². The second-order valence-electron chi connectivity index (χ2n) is 4.60. The molecule has 2 rings (SSSR count). The Hall–Kier alpha value is -1.51. The summed E-state index contributed by atoms with van der Waals surface area (Å²) in [6.07, 6.45) is 6.01. The van der Waals surface area contributed by atoms with Crippen LogP contribution in [0.4, 0.5) is 5.69 Å². The van der Waals surface area contributed by atoms with Crippen LogP contribution in [0.2, 0.25) is 0 Å². The molecule has 3 heteroatoms. The van der Waals surface area contributed by atoms with E-state index >= 15 is 0 Å². The first kappa shape index (κ1) is 12.0. The molecule has 0 atom stereocenters. The number of carbonyl (C=O) groups is 1. The highest BCUT2D eigenvalue weighted by molar-refractivity contribution is 5.99. The van der Waals surface area contributed by atoms with E-state index in [4.69, 9.17) is 0 Å². The fourth-order valence-corrected chi connectivity index (χ4v) is 2.41. The maximum atomic E-state index is 12.1. The van der Waals surface area contributed by atoms with E-state index in [9.17, 15) is 4.79 Å². The molecule has 1 aromatic carbocycles. The lowest BCUT2D eigenvalue weighted by molar-refractivity contribution is 0.0928. The van der Waals surface area contributed by atoms with Gasteiger partial charge in [-0.1, -0.05) is 31.4 Å². The summed E-state index contributed by atoms with van der Waals surface area (Å²) in [6, 6.07) is 7.99. The van der Waals surface area contributed by atoms with Gasteiger partial charge in [-0.3, -0.25) is 4.79 Å². The van der Waals surface area contributed by atoms with Crippen LogP contribution in [0.15, 0.2) is 24.3 Å². The molecule has 92 valence electrons. The summed E-state index contributed by atoms with van der Waals surface area (Å²) in [6.45, 7) is 0. The van der Waals surface area contributed by atoms with Gasteiger partial charge in [-0.2, -0.15) is 0 Å². The fraction of sp³-hybridized carbons (Fsp3) is 0.500. The van der Waals surface area contributed by atoms with E-state index in [0.29, 0.717) is 6.04 Å². The van der Waals surface area contributed by atoms with Gasteiger partial charge in [0.15, 0.2) is 0 Å². The summed E-state index contributed by atoms with van der Waals surface area (Å²) in [7, 11) is 1.84. The van der Waals surface area contributed by atoms with E-state index < -0.39 is 0 Å². The molecule has 1 amide bonds. The Morgan fingerprint density at radius 3 is 2.59 bits per heavy atom. The highest BCUT2D eigenvalue weighted by Gasteiger charge is 2.17. The van der Waals surface area contributed by atoms with Crippen molar-refractivity contribution in [1.82, 2.24) is 5.32 Å². The number of hydrogen-bond donors (Lipinski definition) is 2. The summed E-state index contributed by atoms with van der Waals surface area (Å²) in [5, 5.41) is 6.18. The Morgan fingerprint density at radius 2 is 1.88 bits per heavy atom. The van der Waals surface area contributed by atoms with Crippen molar-refractivity contribution in [1.29, 1.82) is 0 Å². The van der Waals surface area contributed by atoms with Gasteiger partial charge < -0.3 is 10.6 Å². The molecule has 1 aliphatic rings. The summed E-state index contributed by atoms with van der Waals surface area (Å²) in [5.41, 5.74) is 1.63. The van der Waals surface area contributed by atoms with Crippen molar-refractivity contribution in [3.05, 3.63) is 29.8 Å².